The van der Waals surface area contributed by atoms with Crippen LogP contribution in [0.25, 0.3) is 0 Å². The van der Waals surface area contributed by atoms with Crippen molar-refractivity contribution in [3.05, 3.63) is 35.4 Å². The Morgan fingerprint density at radius 3 is 2.48 bits per heavy atom. The summed E-state index contributed by atoms with van der Waals surface area (Å²) in [6.07, 6.45) is 3.55. The highest BCUT2D eigenvalue weighted by atomic mass is 16.6. The molecule has 1 spiro atoms. The van der Waals surface area contributed by atoms with Gasteiger partial charge in [-0.05, 0) is 24.5 Å². The lowest BCUT2D eigenvalue weighted by Gasteiger charge is -2.37. The molecular formula is C21H31N3O3. The molecule has 1 aromatic carbocycles. The van der Waals surface area contributed by atoms with Crippen molar-refractivity contribution in [2.24, 2.45) is 0 Å². The van der Waals surface area contributed by atoms with Crippen molar-refractivity contribution in [2.45, 2.75) is 51.2 Å². The van der Waals surface area contributed by atoms with E-state index in [9.17, 15) is 9.59 Å². The number of amides is 2. The van der Waals surface area contributed by atoms with E-state index in [2.05, 4.69) is 41.4 Å². The molecule has 2 heterocycles. The van der Waals surface area contributed by atoms with E-state index in [1.807, 2.05) is 6.92 Å². The summed E-state index contributed by atoms with van der Waals surface area (Å²) in [6, 6.07) is 8.49. The molecule has 0 aromatic heterocycles. The van der Waals surface area contributed by atoms with Gasteiger partial charge in [0.25, 0.3) is 0 Å². The number of nitrogens with zero attached hydrogens (tertiary/aromatic N) is 2. The van der Waals surface area contributed by atoms with Gasteiger partial charge in [0.05, 0.1) is 19.1 Å². The maximum absolute atomic E-state index is 12.4. The zero-order valence-electron chi connectivity index (χ0n) is 16.7. The van der Waals surface area contributed by atoms with Crippen LogP contribution in [-0.2, 0) is 16.0 Å². The summed E-state index contributed by atoms with van der Waals surface area (Å²) in [5.41, 5.74) is 2.11. The molecule has 2 amide bonds. The molecule has 6 heteroatoms. The third-order valence-corrected chi connectivity index (χ3v) is 5.67. The van der Waals surface area contributed by atoms with E-state index < -0.39 is 0 Å². The van der Waals surface area contributed by atoms with Crippen molar-refractivity contribution < 1.29 is 14.3 Å². The Balaban J connectivity index is 1.45. The maximum atomic E-state index is 12.4. The van der Waals surface area contributed by atoms with Crippen molar-refractivity contribution in [1.82, 2.24) is 15.1 Å². The normalized spacial score (nSPS) is 20.6. The highest BCUT2D eigenvalue weighted by molar-refractivity contribution is 5.78. The van der Waals surface area contributed by atoms with E-state index >= 15 is 0 Å². The summed E-state index contributed by atoms with van der Waals surface area (Å²) >= 11 is 0. The number of rotatable bonds is 6. The molecule has 1 N–H and O–H groups in total. The Morgan fingerprint density at radius 1 is 1.26 bits per heavy atom. The van der Waals surface area contributed by atoms with Gasteiger partial charge in [-0.2, -0.15) is 0 Å². The monoisotopic (exact) mass is 373 g/mol. The molecule has 0 saturated carbocycles. The van der Waals surface area contributed by atoms with Gasteiger partial charge < -0.3 is 15.0 Å². The van der Waals surface area contributed by atoms with Gasteiger partial charge in [0.15, 0.2) is 0 Å². The molecule has 0 unspecified atom stereocenters. The van der Waals surface area contributed by atoms with Crippen LogP contribution in [0.15, 0.2) is 24.3 Å². The average Bonchev–Trinajstić information content (AvgIpc) is 2.91. The van der Waals surface area contributed by atoms with Gasteiger partial charge in [-0.3, -0.25) is 9.69 Å². The number of likely N-dealkylation sites (tertiary alicyclic amines) is 1. The number of ether oxygens (including phenoxy) is 1. The molecule has 0 radical (unpaired) electrons. The summed E-state index contributed by atoms with van der Waals surface area (Å²) in [4.78, 5) is 27.9. The zero-order chi connectivity index (χ0) is 19.4. The van der Waals surface area contributed by atoms with Gasteiger partial charge in [0.2, 0.25) is 5.91 Å². The number of likely N-dealkylation sites (N-methyl/N-ethyl adjacent to an activating group) is 1. The second kappa shape index (κ2) is 8.30. The lowest BCUT2D eigenvalue weighted by molar-refractivity contribution is -0.123. The molecule has 1 atom stereocenters. The van der Waals surface area contributed by atoms with Crippen molar-refractivity contribution >= 4 is 12.0 Å². The van der Waals surface area contributed by atoms with Crippen LogP contribution in [-0.4, -0.2) is 60.6 Å². The topological polar surface area (TPSA) is 61.9 Å². The van der Waals surface area contributed by atoms with Crippen molar-refractivity contribution in [3.8, 4) is 0 Å². The summed E-state index contributed by atoms with van der Waals surface area (Å²) in [5.74, 6) is 0.0385. The fraction of sp³-hybridized carbons (Fsp3) is 0.619. The molecular weight excluding hydrogens is 342 g/mol. The van der Waals surface area contributed by atoms with Crippen LogP contribution < -0.4 is 5.32 Å². The number of hydrogen-bond acceptors (Lipinski definition) is 4. The summed E-state index contributed by atoms with van der Waals surface area (Å²) in [5, 5.41) is 3.10. The van der Waals surface area contributed by atoms with Crippen LogP contribution in [0.4, 0.5) is 4.79 Å². The predicted octanol–water partition coefficient (Wildman–Crippen LogP) is 2.73. The molecule has 2 saturated heterocycles. The number of hydrogen-bond donors (Lipinski definition) is 1. The van der Waals surface area contributed by atoms with Gasteiger partial charge in [-0.25, -0.2) is 4.79 Å². The maximum Gasteiger partial charge on any atom is 0.410 e. The van der Waals surface area contributed by atoms with E-state index in [0.717, 1.165) is 44.3 Å². The lowest BCUT2D eigenvalue weighted by Crippen LogP contribution is -2.49. The highest BCUT2D eigenvalue weighted by Crippen LogP contribution is 2.32. The van der Waals surface area contributed by atoms with Gasteiger partial charge >= 0.3 is 6.09 Å². The number of carbonyl (C=O) groups is 2. The molecule has 2 aliphatic heterocycles. The van der Waals surface area contributed by atoms with Crippen LogP contribution in [0.1, 0.15) is 50.3 Å². The Kier molecular flexibility index (Phi) is 6.05. The molecule has 27 heavy (non-hydrogen) atoms. The van der Waals surface area contributed by atoms with Gasteiger partial charge in [0.1, 0.15) is 5.60 Å². The van der Waals surface area contributed by atoms with Crippen molar-refractivity contribution in [2.75, 3.05) is 33.2 Å². The number of carbonyl (C=O) groups excluding carboxylic acids is 2. The highest BCUT2D eigenvalue weighted by Gasteiger charge is 2.45. The fourth-order valence-electron chi connectivity index (χ4n) is 4.01. The summed E-state index contributed by atoms with van der Waals surface area (Å²) in [6.45, 7) is 6.78. The number of aryl methyl sites for hydroxylation is 1. The second-order valence-electron chi connectivity index (χ2n) is 7.96. The van der Waals surface area contributed by atoms with E-state index in [1.165, 1.54) is 5.56 Å². The number of benzene rings is 1. The Morgan fingerprint density at radius 2 is 1.93 bits per heavy atom. The second-order valence-corrected chi connectivity index (χ2v) is 7.96. The lowest BCUT2D eigenvalue weighted by atomic mass is 9.91. The summed E-state index contributed by atoms with van der Waals surface area (Å²) < 4.78 is 5.56. The van der Waals surface area contributed by atoms with Gasteiger partial charge in [0, 0.05) is 33.0 Å². The van der Waals surface area contributed by atoms with Gasteiger partial charge in [-0.15, -0.1) is 0 Å². The molecule has 1 aromatic rings. The smallest absolute Gasteiger partial charge is 0.410 e. The van der Waals surface area contributed by atoms with E-state index in [4.69, 9.17) is 4.74 Å². The standard InChI is InChI=1S/C21H31N3O3/c1-4-5-17-6-8-18(9-7-17)16(2)22-19(25)14-24-12-10-21(11-13-24)15-23(3)20(26)27-21/h6-9,16H,4-5,10-15H2,1-3H3,(H,22,25)/t16-/m1/s1. The number of nitrogens with one attached hydrogen (secondary N) is 1. The molecule has 2 fully saturated rings. The first kappa shape index (κ1) is 19.7. The largest absolute Gasteiger partial charge is 0.441 e. The third-order valence-electron chi connectivity index (χ3n) is 5.67. The molecule has 6 nitrogen and oxygen atoms in total. The van der Waals surface area contributed by atoms with Crippen LogP contribution in [0.3, 0.4) is 0 Å². The molecule has 3 rings (SSSR count). The molecule has 0 bridgehead atoms. The quantitative estimate of drug-likeness (QED) is 0.833. The Labute approximate surface area is 161 Å². The minimum absolute atomic E-state index is 0.00579. The first-order chi connectivity index (χ1) is 12.9. The number of piperidine rings is 1. The Bertz CT molecular complexity index is 666. The molecule has 0 aliphatic carbocycles. The van der Waals surface area contributed by atoms with Gasteiger partial charge in [-0.1, -0.05) is 37.6 Å². The van der Waals surface area contributed by atoms with Crippen LogP contribution >= 0.6 is 0 Å². The van der Waals surface area contributed by atoms with E-state index in [1.54, 1.807) is 11.9 Å². The third kappa shape index (κ3) is 4.80. The minimum atomic E-state index is -0.355. The van der Waals surface area contributed by atoms with Crippen LogP contribution in [0.2, 0.25) is 0 Å². The van der Waals surface area contributed by atoms with Crippen molar-refractivity contribution in [3.63, 3.8) is 0 Å². The zero-order valence-corrected chi connectivity index (χ0v) is 16.7. The first-order valence-electron chi connectivity index (χ1n) is 9.95. The summed E-state index contributed by atoms with van der Waals surface area (Å²) in [7, 11) is 1.77. The SMILES string of the molecule is CCCc1ccc([C@@H](C)NC(=O)CN2CCC3(CC2)CN(C)C(=O)O3)cc1. The predicted molar refractivity (Wildman–Crippen MR) is 105 cm³/mol. The van der Waals surface area contributed by atoms with Crippen LogP contribution in [0.5, 0.6) is 0 Å². The molecule has 148 valence electrons. The van der Waals surface area contributed by atoms with E-state index in [-0.39, 0.29) is 23.6 Å². The van der Waals surface area contributed by atoms with E-state index in [0.29, 0.717) is 13.1 Å². The average molecular weight is 373 g/mol. The first-order valence-corrected chi connectivity index (χ1v) is 9.95. The van der Waals surface area contributed by atoms with Crippen molar-refractivity contribution in [1.29, 1.82) is 0 Å². The minimum Gasteiger partial charge on any atom is -0.441 e. The Hall–Kier alpha value is -2.08. The molecule has 2 aliphatic rings. The fourth-order valence-corrected chi connectivity index (χ4v) is 4.01. The van der Waals surface area contributed by atoms with Crippen LogP contribution in [0, 0.1) is 0 Å².